The molecule has 0 amide bonds. The van der Waals surface area contributed by atoms with Crippen LogP contribution in [0, 0.1) is 5.82 Å². The molecule has 0 saturated carbocycles. The summed E-state index contributed by atoms with van der Waals surface area (Å²) in [7, 11) is 0. The fourth-order valence-corrected chi connectivity index (χ4v) is 2.29. The minimum Gasteiger partial charge on any atom is -0.397 e. The van der Waals surface area contributed by atoms with E-state index in [1.165, 1.54) is 24.4 Å². The Morgan fingerprint density at radius 3 is 2.58 bits per heavy atom. The predicted octanol–water partition coefficient (Wildman–Crippen LogP) is 2.85. The zero-order chi connectivity index (χ0) is 17.1. The van der Waals surface area contributed by atoms with Crippen LogP contribution >= 0.6 is 0 Å². The maximum atomic E-state index is 13.3. The van der Waals surface area contributed by atoms with Crippen molar-refractivity contribution in [3.63, 3.8) is 0 Å². The first-order valence-corrected chi connectivity index (χ1v) is 7.17. The van der Waals surface area contributed by atoms with Crippen molar-refractivity contribution >= 4 is 28.6 Å². The van der Waals surface area contributed by atoms with E-state index in [1.54, 1.807) is 30.3 Å². The van der Waals surface area contributed by atoms with Crippen LogP contribution in [0.1, 0.15) is 15.9 Å². The second kappa shape index (κ2) is 6.37. The summed E-state index contributed by atoms with van der Waals surface area (Å²) in [5.74, 6) is -0.392. The number of hydrogen-bond acceptors (Lipinski definition) is 4. The van der Waals surface area contributed by atoms with E-state index in [-0.39, 0.29) is 16.8 Å². The third kappa shape index (κ3) is 3.17. The van der Waals surface area contributed by atoms with Gasteiger partial charge in [-0.1, -0.05) is 0 Å². The maximum absolute atomic E-state index is 13.3. The van der Waals surface area contributed by atoms with Gasteiger partial charge in [0.2, 0.25) is 0 Å². The first-order chi connectivity index (χ1) is 11.6. The van der Waals surface area contributed by atoms with Crippen molar-refractivity contribution in [1.82, 2.24) is 4.98 Å². The zero-order valence-corrected chi connectivity index (χ0v) is 12.5. The van der Waals surface area contributed by atoms with E-state index in [0.29, 0.717) is 22.2 Å². The highest BCUT2D eigenvalue weighted by atomic mass is 19.1. The molecule has 0 atom stereocenters. The van der Waals surface area contributed by atoms with E-state index in [2.05, 4.69) is 10.3 Å². The molecule has 5 nitrogen and oxygen atoms in total. The lowest BCUT2D eigenvalue weighted by Crippen LogP contribution is -2.15. The Balaban J connectivity index is 1.91. The van der Waals surface area contributed by atoms with E-state index < -0.39 is 5.82 Å². The summed E-state index contributed by atoms with van der Waals surface area (Å²) in [6, 6.07) is 12.4. The molecule has 1 aromatic heterocycles. The van der Waals surface area contributed by atoms with Crippen LogP contribution in [0.3, 0.4) is 0 Å². The molecule has 0 spiro atoms. The minimum absolute atomic E-state index is 0.210. The number of aromatic amines is 1. The predicted molar refractivity (Wildman–Crippen MR) is 92.1 cm³/mol. The normalized spacial score (nSPS) is 11.5. The number of carbonyl (C=O) groups excluding carboxylic acids is 1. The molecule has 0 bridgehead atoms. The molecule has 2 aromatic carbocycles. The fourth-order valence-electron chi connectivity index (χ4n) is 2.29. The topological polar surface area (TPSA) is 88.0 Å². The van der Waals surface area contributed by atoms with Gasteiger partial charge in [0, 0.05) is 28.4 Å². The molecule has 0 aliphatic rings. The van der Waals surface area contributed by atoms with Crippen molar-refractivity contribution < 1.29 is 9.18 Å². The molecule has 6 heteroatoms. The number of hydrogen-bond donors (Lipinski definition) is 3. The fraction of sp³-hybridized carbons (Fsp3) is 0. The van der Waals surface area contributed by atoms with Crippen molar-refractivity contribution in [2.75, 3.05) is 5.32 Å². The number of benzene rings is 2. The molecule has 4 N–H and O–H groups in total. The van der Waals surface area contributed by atoms with E-state index in [4.69, 9.17) is 5.73 Å². The van der Waals surface area contributed by atoms with Gasteiger partial charge in [0.1, 0.15) is 12.1 Å². The minimum atomic E-state index is -0.392. The van der Waals surface area contributed by atoms with Crippen molar-refractivity contribution in [1.29, 1.82) is 0 Å². The Bertz CT molecular complexity index is 991. The maximum Gasteiger partial charge on any atom is 0.257 e. The number of nitrogens with two attached hydrogens (primary N) is 1. The van der Waals surface area contributed by atoms with Gasteiger partial charge in [-0.2, -0.15) is 0 Å². The van der Waals surface area contributed by atoms with Gasteiger partial charge in [-0.25, -0.2) is 4.39 Å². The number of anilines is 1. The van der Waals surface area contributed by atoms with E-state index in [0.717, 1.165) is 6.29 Å². The number of fused-ring (bicyclic) bond motifs is 1. The second-order valence-corrected chi connectivity index (χ2v) is 5.23. The molecule has 0 fully saturated rings. The van der Waals surface area contributed by atoms with Crippen LogP contribution < -0.4 is 16.6 Å². The monoisotopic (exact) mass is 323 g/mol. The van der Waals surface area contributed by atoms with Gasteiger partial charge in [0.15, 0.2) is 0 Å². The molecule has 0 aliphatic heterocycles. The summed E-state index contributed by atoms with van der Waals surface area (Å²) in [6.07, 6.45) is 2.23. The number of H-pyrrole nitrogens is 1. The first-order valence-electron chi connectivity index (χ1n) is 7.17. The molecule has 120 valence electrons. The van der Waals surface area contributed by atoms with E-state index in [1.807, 2.05) is 0 Å². The van der Waals surface area contributed by atoms with Gasteiger partial charge in [0.05, 0.1) is 11.3 Å². The molecule has 0 aliphatic carbocycles. The van der Waals surface area contributed by atoms with Gasteiger partial charge in [-0.05, 0) is 48.5 Å². The van der Waals surface area contributed by atoms with Crippen LogP contribution in [0.4, 0.5) is 10.1 Å². The van der Waals surface area contributed by atoms with Crippen molar-refractivity contribution in [2.24, 2.45) is 5.73 Å². The molecule has 24 heavy (non-hydrogen) atoms. The number of aromatic nitrogens is 1. The highest BCUT2D eigenvalue weighted by Gasteiger charge is 2.06. The summed E-state index contributed by atoms with van der Waals surface area (Å²) in [6.45, 7) is 0. The van der Waals surface area contributed by atoms with Crippen molar-refractivity contribution in [3.8, 4) is 0 Å². The van der Waals surface area contributed by atoms with Gasteiger partial charge in [-0.15, -0.1) is 0 Å². The lowest BCUT2D eigenvalue weighted by atomic mass is 10.1. The molecular weight excluding hydrogens is 309 g/mol. The van der Waals surface area contributed by atoms with Crippen LogP contribution in [0.25, 0.3) is 16.6 Å². The average Bonchev–Trinajstić information content (AvgIpc) is 2.60. The number of carbonyl (C=O) groups is 1. The average molecular weight is 323 g/mol. The molecular formula is C18H14FN3O2. The number of pyridine rings is 1. The highest BCUT2D eigenvalue weighted by Crippen LogP contribution is 2.16. The van der Waals surface area contributed by atoms with E-state index in [9.17, 15) is 14.0 Å². The lowest BCUT2D eigenvalue weighted by molar-refractivity contribution is 0.112. The Labute approximate surface area is 136 Å². The van der Waals surface area contributed by atoms with Crippen molar-refractivity contribution in [3.05, 3.63) is 82.0 Å². The molecule has 3 aromatic rings. The summed E-state index contributed by atoms with van der Waals surface area (Å²) < 4.78 is 13.3. The van der Waals surface area contributed by atoms with Gasteiger partial charge in [0.25, 0.3) is 5.56 Å². The first kappa shape index (κ1) is 15.5. The second-order valence-electron chi connectivity index (χ2n) is 5.23. The Hall–Kier alpha value is -3.41. The Morgan fingerprint density at radius 2 is 1.88 bits per heavy atom. The van der Waals surface area contributed by atoms with Crippen LogP contribution in [-0.2, 0) is 0 Å². The van der Waals surface area contributed by atoms with Crippen molar-refractivity contribution in [2.45, 2.75) is 0 Å². The standard InChI is InChI=1S/C18H14FN3O2/c19-13-3-6-17-12(7-13)8-15(18(24)22-17)16(20)9-21-14-4-1-11(10-23)2-5-14/h1-10,21H,20H2,(H,22,24)/b16-9-. The third-order valence-electron chi connectivity index (χ3n) is 3.56. The Kier molecular flexibility index (Phi) is 4.11. The van der Waals surface area contributed by atoms with Gasteiger partial charge in [-0.3, -0.25) is 9.59 Å². The molecule has 3 rings (SSSR count). The van der Waals surface area contributed by atoms with Gasteiger partial charge < -0.3 is 16.0 Å². The molecule has 0 saturated heterocycles. The lowest BCUT2D eigenvalue weighted by Gasteiger charge is -2.06. The summed E-state index contributed by atoms with van der Waals surface area (Å²) in [4.78, 5) is 25.4. The van der Waals surface area contributed by atoms with Crippen LogP contribution in [0.5, 0.6) is 0 Å². The summed E-state index contributed by atoms with van der Waals surface area (Å²) >= 11 is 0. The summed E-state index contributed by atoms with van der Waals surface area (Å²) in [5.41, 5.74) is 7.86. The summed E-state index contributed by atoms with van der Waals surface area (Å²) in [5, 5.41) is 3.50. The molecule has 0 unspecified atom stereocenters. The smallest absolute Gasteiger partial charge is 0.257 e. The number of aldehydes is 1. The van der Waals surface area contributed by atoms with Crippen LogP contribution in [0.2, 0.25) is 0 Å². The van der Waals surface area contributed by atoms with Gasteiger partial charge >= 0.3 is 0 Å². The van der Waals surface area contributed by atoms with Crippen LogP contribution in [0.15, 0.2) is 59.5 Å². The zero-order valence-electron chi connectivity index (χ0n) is 12.5. The quantitative estimate of drug-likeness (QED) is 0.644. The number of nitrogens with one attached hydrogen (secondary N) is 2. The largest absolute Gasteiger partial charge is 0.397 e. The highest BCUT2D eigenvalue weighted by molar-refractivity contribution is 5.82. The molecule has 0 radical (unpaired) electrons. The van der Waals surface area contributed by atoms with Crippen LogP contribution in [-0.4, -0.2) is 11.3 Å². The number of rotatable bonds is 4. The SMILES string of the molecule is N/C(=C\Nc1ccc(C=O)cc1)c1cc2cc(F)ccc2[nH]c1=O. The number of halogens is 1. The third-order valence-corrected chi connectivity index (χ3v) is 3.56. The molecule has 1 heterocycles. The van der Waals surface area contributed by atoms with E-state index >= 15 is 0 Å². The Morgan fingerprint density at radius 1 is 1.12 bits per heavy atom.